The third kappa shape index (κ3) is 3.84. The molecule has 0 aromatic carbocycles. The fourth-order valence-corrected chi connectivity index (χ4v) is 3.51. The summed E-state index contributed by atoms with van der Waals surface area (Å²) < 4.78 is 5.40. The van der Waals surface area contributed by atoms with Gasteiger partial charge in [-0.05, 0) is 46.0 Å². The number of pyridine rings is 2. The molecule has 4 heterocycles. The van der Waals surface area contributed by atoms with Gasteiger partial charge in [-0.1, -0.05) is 11.6 Å². The van der Waals surface area contributed by atoms with Crippen LogP contribution >= 0.6 is 11.6 Å². The first-order valence-corrected chi connectivity index (χ1v) is 9.60. The number of hydrogen-bond acceptors (Lipinski definition) is 6. The van der Waals surface area contributed by atoms with Gasteiger partial charge in [0.15, 0.2) is 5.65 Å². The molecule has 1 saturated heterocycles. The predicted octanol–water partition coefficient (Wildman–Crippen LogP) is 3.58. The quantitative estimate of drug-likeness (QED) is 0.697. The van der Waals surface area contributed by atoms with Crippen molar-refractivity contribution in [2.75, 3.05) is 32.1 Å². The maximum absolute atomic E-state index is 6.44. The highest BCUT2D eigenvalue weighted by molar-refractivity contribution is 6.34. The van der Waals surface area contributed by atoms with E-state index in [0.717, 1.165) is 42.7 Å². The number of fused-ring (bicyclic) bond motifs is 1. The van der Waals surface area contributed by atoms with Gasteiger partial charge in [-0.25, -0.2) is 15.0 Å². The smallest absolute Gasteiger partial charge is 0.213 e. The van der Waals surface area contributed by atoms with Gasteiger partial charge < -0.3 is 19.9 Å². The molecule has 27 heavy (non-hydrogen) atoms. The second-order valence-electron chi connectivity index (χ2n) is 6.80. The zero-order valence-corrected chi connectivity index (χ0v) is 16.3. The van der Waals surface area contributed by atoms with Crippen molar-refractivity contribution in [1.82, 2.24) is 24.8 Å². The van der Waals surface area contributed by atoms with Crippen molar-refractivity contribution in [2.24, 2.45) is 0 Å². The molecule has 0 bridgehead atoms. The fraction of sp³-hybridized carbons (Fsp3) is 0.421. The van der Waals surface area contributed by atoms with E-state index in [9.17, 15) is 0 Å². The van der Waals surface area contributed by atoms with Crippen molar-refractivity contribution >= 4 is 28.5 Å². The summed E-state index contributed by atoms with van der Waals surface area (Å²) in [6.07, 6.45) is 5.57. The number of aromatic nitrogens is 4. The number of imidazole rings is 1. The van der Waals surface area contributed by atoms with Crippen molar-refractivity contribution in [1.29, 1.82) is 0 Å². The molecule has 4 rings (SSSR count). The molecule has 1 aliphatic rings. The monoisotopic (exact) mass is 386 g/mol. The standard InChI is InChI=1S/C19H23ClN6O/c1-3-27-15-5-4-12(10-21-15)18-24-17-16(14(20)11-22-19(17)25-18)23-13-6-8-26(2)9-7-13/h4-5,10-11,13H,3,6-9H2,1-2H3,(H2,22,23,24,25). The first kappa shape index (κ1) is 18.0. The Hall–Kier alpha value is -2.38. The molecular formula is C19H23ClN6O. The molecule has 0 atom stereocenters. The molecule has 0 aliphatic carbocycles. The van der Waals surface area contributed by atoms with Crippen LogP contribution in [0.5, 0.6) is 5.88 Å². The summed E-state index contributed by atoms with van der Waals surface area (Å²) in [5.74, 6) is 1.31. The molecule has 0 radical (unpaired) electrons. The average molecular weight is 387 g/mol. The zero-order valence-electron chi connectivity index (χ0n) is 15.5. The number of aromatic amines is 1. The molecule has 2 N–H and O–H groups in total. The van der Waals surface area contributed by atoms with E-state index < -0.39 is 0 Å². The lowest BCUT2D eigenvalue weighted by Gasteiger charge is -2.30. The summed E-state index contributed by atoms with van der Waals surface area (Å²) in [5, 5.41) is 4.17. The highest BCUT2D eigenvalue weighted by atomic mass is 35.5. The van der Waals surface area contributed by atoms with Gasteiger partial charge in [0.05, 0.1) is 23.5 Å². The fourth-order valence-electron chi connectivity index (χ4n) is 3.32. The second-order valence-corrected chi connectivity index (χ2v) is 7.21. The van der Waals surface area contributed by atoms with Crippen LogP contribution in [0.15, 0.2) is 24.5 Å². The Morgan fingerprint density at radius 3 is 2.78 bits per heavy atom. The molecule has 0 amide bonds. The third-order valence-electron chi connectivity index (χ3n) is 4.84. The second kappa shape index (κ2) is 7.70. The SMILES string of the molecule is CCOc1ccc(-c2nc3c(NC4CCN(C)CC4)c(Cl)cnc3[nH]2)cn1. The van der Waals surface area contributed by atoms with Crippen LogP contribution in [0.4, 0.5) is 5.69 Å². The van der Waals surface area contributed by atoms with Crippen LogP contribution in [0.3, 0.4) is 0 Å². The normalized spacial score (nSPS) is 16.0. The van der Waals surface area contributed by atoms with Gasteiger partial charge in [-0.2, -0.15) is 0 Å². The Labute approximate surface area is 163 Å². The highest BCUT2D eigenvalue weighted by Crippen LogP contribution is 2.32. The summed E-state index contributed by atoms with van der Waals surface area (Å²) in [6.45, 7) is 4.68. The Kier molecular flexibility index (Phi) is 5.13. The van der Waals surface area contributed by atoms with Crippen LogP contribution in [0.1, 0.15) is 19.8 Å². The van der Waals surface area contributed by atoms with Crippen LogP contribution in [-0.2, 0) is 0 Å². The number of hydrogen-bond donors (Lipinski definition) is 2. The van der Waals surface area contributed by atoms with Crippen LogP contribution in [0.25, 0.3) is 22.6 Å². The highest BCUT2D eigenvalue weighted by Gasteiger charge is 2.20. The van der Waals surface area contributed by atoms with Crippen molar-refractivity contribution in [3.63, 3.8) is 0 Å². The lowest BCUT2D eigenvalue weighted by Crippen LogP contribution is -2.36. The summed E-state index contributed by atoms with van der Waals surface area (Å²) in [6, 6.07) is 4.16. The summed E-state index contributed by atoms with van der Waals surface area (Å²) in [5.41, 5.74) is 3.18. The van der Waals surface area contributed by atoms with E-state index in [0.29, 0.717) is 35.0 Å². The van der Waals surface area contributed by atoms with E-state index in [2.05, 4.69) is 32.2 Å². The molecule has 1 fully saturated rings. The molecule has 0 spiro atoms. The number of nitrogens with one attached hydrogen (secondary N) is 2. The lowest BCUT2D eigenvalue weighted by molar-refractivity contribution is 0.264. The maximum Gasteiger partial charge on any atom is 0.213 e. The van der Waals surface area contributed by atoms with Crippen molar-refractivity contribution in [2.45, 2.75) is 25.8 Å². The lowest BCUT2D eigenvalue weighted by atomic mass is 10.1. The van der Waals surface area contributed by atoms with Crippen LogP contribution < -0.4 is 10.1 Å². The molecule has 0 saturated carbocycles. The Bertz CT molecular complexity index is 918. The number of rotatable bonds is 5. The largest absolute Gasteiger partial charge is 0.478 e. The molecule has 7 nitrogen and oxygen atoms in total. The molecular weight excluding hydrogens is 364 g/mol. The van der Waals surface area contributed by atoms with E-state index in [1.165, 1.54) is 0 Å². The molecule has 3 aromatic heterocycles. The Balaban J connectivity index is 1.63. The number of likely N-dealkylation sites (tertiary alicyclic amines) is 1. The van der Waals surface area contributed by atoms with E-state index >= 15 is 0 Å². The molecule has 3 aromatic rings. The Morgan fingerprint density at radius 2 is 2.07 bits per heavy atom. The molecule has 8 heteroatoms. The van der Waals surface area contributed by atoms with Gasteiger partial charge in [-0.15, -0.1) is 0 Å². The van der Waals surface area contributed by atoms with Crippen LogP contribution in [0.2, 0.25) is 5.02 Å². The van der Waals surface area contributed by atoms with E-state index in [-0.39, 0.29) is 0 Å². The topological polar surface area (TPSA) is 79.0 Å². The maximum atomic E-state index is 6.44. The molecule has 0 unspecified atom stereocenters. The van der Waals surface area contributed by atoms with E-state index in [4.69, 9.17) is 21.3 Å². The minimum atomic E-state index is 0.386. The first-order valence-electron chi connectivity index (χ1n) is 9.22. The summed E-state index contributed by atoms with van der Waals surface area (Å²) in [4.78, 5) is 19.1. The van der Waals surface area contributed by atoms with Gasteiger partial charge in [0.2, 0.25) is 5.88 Å². The van der Waals surface area contributed by atoms with Gasteiger partial charge in [0.1, 0.15) is 11.3 Å². The number of halogens is 1. The number of H-pyrrole nitrogens is 1. The number of piperidine rings is 1. The van der Waals surface area contributed by atoms with E-state index in [1.807, 2.05) is 19.1 Å². The van der Waals surface area contributed by atoms with Crippen LogP contribution in [0, 0.1) is 0 Å². The number of nitrogens with zero attached hydrogens (tertiary/aromatic N) is 4. The predicted molar refractivity (Wildman–Crippen MR) is 107 cm³/mol. The van der Waals surface area contributed by atoms with Gasteiger partial charge in [-0.3, -0.25) is 0 Å². The number of anilines is 1. The van der Waals surface area contributed by atoms with Gasteiger partial charge in [0, 0.05) is 23.9 Å². The van der Waals surface area contributed by atoms with Crippen molar-refractivity contribution in [3.05, 3.63) is 29.5 Å². The minimum Gasteiger partial charge on any atom is -0.478 e. The van der Waals surface area contributed by atoms with Crippen LogP contribution in [-0.4, -0.2) is 57.6 Å². The minimum absolute atomic E-state index is 0.386. The van der Waals surface area contributed by atoms with E-state index in [1.54, 1.807) is 12.4 Å². The zero-order chi connectivity index (χ0) is 18.8. The van der Waals surface area contributed by atoms with Gasteiger partial charge >= 0.3 is 0 Å². The molecule has 1 aliphatic heterocycles. The average Bonchev–Trinajstić information content (AvgIpc) is 3.11. The number of ether oxygens (including phenoxy) is 1. The summed E-state index contributed by atoms with van der Waals surface area (Å²) >= 11 is 6.44. The summed E-state index contributed by atoms with van der Waals surface area (Å²) in [7, 11) is 2.15. The first-order chi connectivity index (χ1) is 13.1. The van der Waals surface area contributed by atoms with Crippen molar-refractivity contribution in [3.8, 4) is 17.3 Å². The van der Waals surface area contributed by atoms with Crippen molar-refractivity contribution < 1.29 is 4.74 Å². The Morgan fingerprint density at radius 1 is 1.26 bits per heavy atom. The third-order valence-corrected chi connectivity index (χ3v) is 5.12. The van der Waals surface area contributed by atoms with Gasteiger partial charge in [0.25, 0.3) is 0 Å². The molecule has 142 valence electrons.